The van der Waals surface area contributed by atoms with Crippen LogP contribution in [-0.2, 0) is 4.74 Å². The van der Waals surface area contributed by atoms with E-state index in [2.05, 4.69) is 0 Å². The third kappa shape index (κ3) is 4.61. The van der Waals surface area contributed by atoms with Gasteiger partial charge in [0.15, 0.2) is 0 Å². The highest BCUT2D eigenvalue weighted by molar-refractivity contribution is 6.33. The van der Waals surface area contributed by atoms with Crippen molar-refractivity contribution in [1.29, 1.82) is 0 Å². The second kappa shape index (κ2) is 9.31. The predicted molar refractivity (Wildman–Crippen MR) is 119 cm³/mol. The first-order chi connectivity index (χ1) is 15.0. The summed E-state index contributed by atoms with van der Waals surface area (Å²) in [5.74, 6) is -1.17. The molecule has 7 heteroatoms. The van der Waals surface area contributed by atoms with Crippen LogP contribution in [0.2, 0.25) is 5.02 Å². The van der Waals surface area contributed by atoms with Crippen molar-refractivity contribution in [3.63, 3.8) is 0 Å². The number of anilines is 1. The van der Waals surface area contributed by atoms with Crippen molar-refractivity contribution in [2.75, 3.05) is 31.3 Å². The maximum Gasteiger partial charge on any atom is 0.335 e. The van der Waals surface area contributed by atoms with Crippen LogP contribution in [0.5, 0.6) is 0 Å². The number of carbonyl (C=O) groups is 2. The number of ether oxygens (including phenoxy) is 1. The third-order valence-corrected chi connectivity index (χ3v) is 5.45. The lowest BCUT2D eigenvalue weighted by Crippen LogP contribution is -2.52. The van der Waals surface area contributed by atoms with Crippen molar-refractivity contribution in [2.24, 2.45) is 0 Å². The van der Waals surface area contributed by atoms with Crippen LogP contribution < -0.4 is 5.01 Å². The number of benzene rings is 3. The van der Waals surface area contributed by atoms with Crippen molar-refractivity contribution in [3.8, 4) is 11.1 Å². The van der Waals surface area contributed by atoms with Gasteiger partial charge in [-0.15, -0.1) is 0 Å². The molecular formula is C24H21ClN2O4. The molecule has 31 heavy (non-hydrogen) atoms. The fourth-order valence-electron chi connectivity index (χ4n) is 3.53. The molecule has 0 radical (unpaired) electrons. The predicted octanol–water partition coefficient (Wildman–Crippen LogP) is 4.60. The Morgan fingerprint density at radius 2 is 1.55 bits per heavy atom. The van der Waals surface area contributed by atoms with E-state index in [1.165, 1.54) is 12.1 Å². The summed E-state index contributed by atoms with van der Waals surface area (Å²) < 4.78 is 5.45. The van der Waals surface area contributed by atoms with E-state index in [9.17, 15) is 9.59 Å². The van der Waals surface area contributed by atoms with Gasteiger partial charge in [0.2, 0.25) is 0 Å². The van der Waals surface area contributed by atoms with E-state index in [1.54, 1.807) is 35.3 Å². The van der Waals surface area contributed by atoms with Crippen molar-refractivity contribution < 1.29 is 19.4 Å². The van der Waals surface area contributed by atoms with Gasteiger partial charge in [-0.1, -0.05) is 41.9 Å². The summed E-state index contributed by atoms with van der Waals surface area (Å²) in [6.07, 6.45) is 0. The lowest BCUT2D eigenvalue weighted by atomic mass is 10.0. The quantitative estimate of drug-likeness (QED) is 0.633. The molecule has 1 heterocycles. The molecule has 4 rings (SSSR count). The van der Waals surface area contributed by atoms with E-state index in [0.29, 0.717) is 42.5 Å². The smallest absolute Gasteiger partial charge is 0.335 e. The zero-order valence-electron chi connectivity index (χ0n) is 16.7. The number of carboxylic acids is 1. The highest BCUT2D eigenvalue weighted by Crippen LogP contribution is 2.30. The minimum Gasteiger partial charge on any atom is -0.478 e. The summed E-state index contributed by atoms with van der Waals surface area (Å²) in [6, 6.07) is 21.1. The number of amides is 1. The number of halogens is 1. The van der Waals surface area contributed by atoms with Gasteiger partial charge in [-0.2, -0.15) is 0 Å². The maximum absolute atomic E-state index is 13.6. The number of rotatable bonds is 5. The molecule has 0 unspecified atom stereocenters. The molecule has 0 aromatic heterocycles. The van der Waals surface area contributed by atoms with Crippen LogP contribution in [0.3, 0.4) is 0 Å². The fourth-order valence-corrected chi connectivity index (χ4v) is 3.75. The lowest BCUT2D eigenvalue weighted by Gasteiger charge is -2.37. The van der Waals surface area contributed by atoms with Gasteiger partial charge < -0.3 is 9.84 Å². The van der Waals surface area contributed by atoms with E-state index < -0.39 is 5.97 Å². The third-order valence-electron chi connectivity index (χ3n) is 5.12. The second-order valence-corrected chi connectivity index (χ2v) is 7.50. The number of aromatic carboxylic acids is 1. The molecule has 0 atom stereocenters. The van der Waals surface area contributed by atoms with Gasteiger partial charge in [-0.05, 0) is 48.0 Å². The second-order valence-electron chi connectivity index (χ2n) is 7.10. The standard InChI is InChI=1S/C24H21ClN2O4/c25-22-11-10-19(16-21(22)17-6-8-18(9-7-17)24(29)30)23(28)27(20-4-2-1-3-5-20)26-12-14-31-15-13-26/h1-11,16H,12-15H2,(H,29,30). The lowest BCUT2D eigenvalue weighted by molar-refractivity contribution is 0.0300. The Balaban J connectivity index is 1.70. The summed E-state index contributed by atoms with van der Waals surface area (Å²) in [5.41, 5.74) is 2.85. The van der Waals surface area contributed by atoms with Crippen molar-refractivity contribution >= 4 is 29.2 Å². The Bertz CT molecular complexity index is 1080. The Morgan fingerprint density at radius 3 is 2.19 bits per heavy atom. The maximum atomic E-state index is 13.6. The van der Waals surface area contributed by atoms with E-state index in [1.807, 2.05) is 35.3 Å². The summed E-state index contributed by atoms with van der Waals surface area (Å²) in [5, 5.41) is 13.3. The molecule has 0 saturated carbocycles. The monoisotopic (exact) mass is 436 g/mol. The van der Waals surface area contributed by atoms with Gasteiger partial charge in [-0.3, -0.25) is 4.79 Å². The molecule has 0 bridgehead atoms. The number of para-hydroxylation sites is 1. The van der Waals surface area contributed by atoms with Gasteiger partial charge in [0.25, 0.3) is 5.91 Å². The van der Waals surface area contributed by atoms with Gasteiger partial charge in [0, 0.05) is 29.2 Å². The van der Waals surface area contributed by atoms with Crippen LogP contribution in [-0.4, -0.2) is 48.3 Å². The minimum atomic E-state index is -0.995. The van der Waals surface area contributed by atoms with Crippen molar-refractivity contribution in [3.05, 3.63) is 88.9 Å². The van der Waals surface area contributed by atoms with E-state index in [4.69, 9.17) is 21.4 Å². The molecule has 0 spiro atoms. The first kappa shape index (κ1) is 21.1. The molecule has 1 N–H and O–H groups in total. The van der Waals surface area contributed by atoms with Gasteiger partial charge in [0.05, 0.1) is 24.5 Å². The molecule has 158 valence electrons. The van der Waals surface area contributed by atoms with Crippen LogP contribution in [0.15, 0.2) is 72.8 Å². The number of nitrogens with zero attached hydrogens (tertiary/aromatic N) is 2. The molecular weight excluding hydrogens is 416 g/mol. The van der Waals surface area contributed by atoms with Gasteiger partial charge in [0.1, 0.15) is 0 Å². The van der Waals surface area contributed by atoms with E-state index in [0.717, 1.165) is 11.3 Å². The van der Waals surface area contributed by atoms with Crippen LogP contribution in [0.25, 0.3) is 11.1 Å². The minimum absolute atomic E-state index is 0.173. The van der Waals surface area contributed by atoms with E-state index >= 15 is 0 Å². The molecule has 1 saturated heterocycles. The normalized spacial score (nSPS) is 14.2. The topological polar surface area (TPSA) is 70.1 Å². The summed E-state index contributed by atoms with van der Waals surface area (Å²) in [4.78, 5) is 24.7. The molecule has 3 aromatic carbocycles. The Morgan fingerprint density at radius 1 is 0.903 bits per heavy atom. The zero-order chi connectivity index (χ0) is 21.8. The highest BCUT2D eigenvalue weighted by atomic mass is 35.5. The molecule has 0 aliphatic carbocycles. The Labute approximate surface area is 185 Å². The fraction of sp³-hybridized carbons (Fsp3) is 0.167. The molecule has 3 aromatic rings. The average Bonchev–Trinajstić information content (AvgIpc) is 2.81. The van der Waals surface area contributed by atoms with Crippen LogP contribution in [0.1, 0.15) is 20.7 Å². The SMILES string of the molecule is O=C(O)c1ccc(-c2cc(C(=O)N(c3ccccc3)N3CCOCC3)ccc2Cl)cc1. The first-order valence-corrected chi connectivity index (χ1v) is 10.3. The Hall–Kier alpha value is -3.19. The average molecular weight is 437 g/mol. The number of morpholine rings is 1. The van der Waals surface area contributed by atoms with Crippen LogP contribution in [0.4, 0.5) is 5.69 Å². The van der Waals surface area contributed by atoms with E-state index in [-0.39, 0.29) is 11.5 Å². The van der Waals surface area contributed by atoms with Crippen molar-refractivity contribution in [2.45, 2.75) is 0 Å². The molecule has 1 amide bonds. The summed E-state index contributed by atoms with van der Waals surface area (Å²) in [7, 11) is 0. The largest absolute Gasteiger partial charge is 0.478 e. The number of hydrogen-bond acceptors (Lipinski definition) is 4. The molecule has 6 nitrogen and oxygen atoms in total. The number of hydrazine groups is 1. The highest BCUT2D eigenvalue weighted by Gasteiger charge is 2.26. The summed E-state index contributed by atoms with van der Waals surface area (Å²) >= 11 is 6.41. The van der Waals surface area contributed by atoms with Crippen LogP contribution >= 0.6 is 11.6 Å². The molecule has 1 aliphatic heterocycles. The van der Waals surface area contributed by atoms with Gasteiger partial charge >= 0.3 is 5.97 Å². The zero-order valence-corrected chi connectivity index (χ0v) is 17.5. The summed E-state index contributed by atoms with van der Waals surface area (Å²) in [6.45, 7) is 2.33. The first-order valence-electron chi connectivity index (χ1n) is 9.90. The van der Waals surface area contributed by atoms with Crippen LogP contribution in [0, 0.1) is 0 Å². The molecule has 1 fully saturated rings. The number of carboxylic acid groups (broad SMARTS) is 1. The number of hydrogen-bond donors (Lipinski definition) is 1. The molecule has 1 aliphatic rings. The van der Waals surface area contributed by atoms with Gasteiger partial charge in [-0.25, -0.2) is 14.8 Å². The Kier molecular flexibility index (Phi) is 6.32. The number of carbonyl (C=O) groups excluding carboxylic acids is 1. The van der Waals surface area contributed by atoms with Crippen molar-refractivity contribution in [1.82, 2.24) is 5.01 Å².